The molecule has 2 rings (SSSR count). The van der Waals surface area contributed by atoms with E-state index in [1.54, 1.807) is 0 Å². The SMILES string of the molecule is COC(=O)/C(C#CC1C=CC=C1)=C(/C#CC1C=CC=C1)C(=O)OC. The van der Waals surface area contributed by atoms with Gasteiger partial charge in [-0.15, -0.1) is 0 Å². The van der Waals surface area contributed by atoms with Gasteiger partial charge in [0.25, 0.3) is 0 Å². The Bertz CT molecular complexity index is 706. The van der Waals surface area contributed by atoms with Crippen LogP contribution in [0.4, 0.5) is 0 Å². The molecule has 0 N–H and O–H groups in total. The van der Waals surface area contributed by atoms with E-state index < -0.39 is 11.9 Å². The summed E-state index contributed by atoms with van der Waals surface area (Å²) in [5, 5.41) is 0. The van der Waals surface area contributed by atoms with Gasteiger partial charge in [0.05, 0.1) is 26.1 Å². The first-order valence-electron chi connectivity index (χ1n) is 7.29. The topological polar surface area (TPSA) is 52.6 Å². The Morgan fingerprint density at radius 3 is 1.33 bits per heavy atom. The largest absolute Gasteiger partial charge is 0.465 e. The molecule has 0 atom stereocenters. The molecule has 0 aromatic rings. The second-order valence-corrected chi connectivity index (χ2v) is 4.86. The maximum Gasteiger partial charge on any atom is 0.348 e. The van der Waals surface area contributed by atoms with E-state index in [4.69, 9.17) is 9.47 Å². The number of carbonyl (C=O) groups is 2. The van der Waals surface area contributed by atoms with Gasteiger partial charge in [-0.25, -0.2) is 9.59 Å². The summed E-state index contributed by atoms with van der Waals surface area (Å²) in [5.74, 6) is 9.56. The van der Waals surface area contributed by atoms with Crippen molar-refractivity contribution in [3.05, 3.63) is 59.8 Å². The van der Waals surface area contributed by atoms with E-state index in [2.05, 4.69) is 23.7 Å². The zero-order chi connectivity index (χ0) is 17.4. The van der Waals surface area contributed by atoms with Crippen LogP contribution >= 0.6 is 0 Å². The van der Waals surface area contributed by atoms with Crippen molar-refractivity contribution in [1.29, 1.82) is 0 Å². The van der Waals surface area contributed by atoms with Gasteiger partial charge in [-0.1, -0.05) is 72.3 Å². The van der Waals surface area contributed by atoms with Crippen molar-refractivity contribution < 1.29 is 19.1 Å². The lowest BCUT2D eigenvalue weighted by Gasteiger charge is -2.03. The Morgan fingerprint density at radius 2 is 1.04 bits per heavy atom. The first kappa shape index (κ1) is 17.1. The van der Waals surface area contributed by atoms with E-state index in [0.29, 0.717) is 0 Å². The van der Waals surface area contributed by atoms with Gasteiger partial charge in [0.1, 0.15) is 11.1 Å². The fraction of sp³-hybridized carbons (Fsp3) is 0.200. The predicted molar refractivity (Wildman–Crippen MR) is 90.2 cm³/mol. The van der Waals surface area contributed by atoms with Gasteiger partial charge in [0, 0.05) is 0 Å². The third-order valence-electron chi connectivity index (χ3n) is 3.25. The summed E-state index contributed by atoms with van der Waals surface area (Å²) in [5.41, 5.74) is -0.201. The van der Waals surface area contributed by atoms with Gasteiger partial charge in [0.15, 0.2) is 0 Å². The molecule has 24 heavy (non-hydrogen) atoms. The monoisotopic (exact) mass is 320 g/mol. The molecule has 0 saturated carbocycles. The fourth-order valence-corrected chi connectivity index (χ4v) is 2.00. The minimum atomic E-state index is -0.722. The first-order valence-corrected chi connectivity index (χ1v) is 7.29. The fourth-order valence-electron chi connectivity index (χ4n) is 2.00. The highest BCUT2D eigenvalue weighted by atomic mass is 16.5. The van der Waals surface area contributed by atoms with E-state index in [1.165, 1.54) is 14.2 Å². The summed E-state index contributed by atoms with van der Waals surface area (Å²) in [6.07, 6.45) is 14.9. The molecule has 2 aliphatic rings. The van der Waals surface area contributed by atoms with Gasteiger partial charge in [-0.2, -0.15) is 0 Å². The Morgan fingerprint density at radius 1 is 0.708 bits per heavy atom. The predicted octanol–water partition coefficient (Wildman–Crippen LogP) is 2.12. The van der Waals surface area contributed by atoms with Crippen molar-refractivity contribution >= 4 is 11.9 Å². The highest BCUT2D eigenvalue weighted by molar-refractivity contribution is 6.06. The van der Waals surface area contributed by atoms with Gasteiger partial charge >= 0.3 is 11.9 Å². The number of esters is 2. The third kappa shape index (κ3) is 4.38. The van der Waals surface area contributed by atoms with Crippen LogP contribution in [0.15, 0.2) is 59.8 Å². The van der Waals surface area contributed by atoms with Crippen LogP contribution in [0.25, 0.3) is 0 Å². The second-order valence-electron chi connectivity index (χ2n) is 4.86. The molecule has 0 heterocycles. The summed E-state index contributed by atoms with van der Waals surface area (Å²) in [6.45, 7) is 0. The molecule has 0 bridgehead atoms. The van der Waals surface area contributed by atoms with Crippen molar-refractivity contribution in [3.63, 3.8) is 0 Å². The lowest BCUT2D eigenvalue weighted by Crippen LogP contribution is -2.13. The zero-order valence-electron chi connectivity index (χ0n) is 13.4. The Labute approximate surface area is 141 Å². The highest BCUT2D eigenvalue weighted by Gasteiger charge is 2.20. The van der Waals surface area contributed by atoms with Crippen molar-refractivity contribution in [3.8, 4) is 23.7 Å². The van der Waals surface area contributed by atoms with Crippen molar-refractivity contribution in [1.82, 2.24) is 0 Å². The maximum absolute atomic E-state index is 12.1. The minimum absolute atomic E-state index is 0.100. The molecule has 0 radical (unpaired) electrons. The van der Waals surface area contributed by atoms with Crippen molar-refractivity contribution in [2.24, 2.45) is 11.8 Å². The van der Waals surface area contributed by atoms with E-state index in [0.717, 1.165) is 0 Å². The Hall–Kier alpha value is -3.24. The van der Waals surface area contributed by atoms with Gasteiger partial charge in [-0.3, -0.25) is 0 Å². The van der Waals surface area contributed by atoms with Crippen LogP contribution in [0.1, 0.15) is 0 Å². The molecular weight excluding hydrogens is 304 g/mol. The van der Waals surface area contributed by atoms with Gasteiger partial charge < -0.3 is 9.47 Å². The standard InChI is InChI=1S/C20H16O4/c1-23-19(21)17(13-11-15-7-3-4-8-15)18(20(22)24-2)14-12-16-9-5-6-10-16/h3-10,15-16H,1-2H3/b18-17-. The number of ether oxygens (including phenoxy) is 2. The van der Waals surface area contributed by atoms with Crippen LogP contribution in [-0.2, 0) is 19.1 Å². The lowest BCUT2D eigenvalue weighted by molar-refractivity contribution is -0.138. The molecule has 0 aromatic heterocycles. The molecule has 0 unspecified atom stereocenters. The van der Waals surface area contributed by atoms with Crippen molar-refractivity contribution in [2.75, 3.05) is 14.2 Å². The Kier molecular flexibility index (Phi) is 6.00. The lowest BCUT2D eigenvalue weighted by atomic mass is 10.1. The van der Waals surface area contributed by atoms with E-state index in [1.807, 2.05) is 48.6 Å². The number of rotatable bonds is 2. The van der Waals surface area contributed by atoms with Gasteiger partial charge in [0.2, 0.25) is 0 Å². The number of hydrogen-bond acceptors (Lipinski definition) is 4. The molecular formula is C20H16O4. The smallest absolute Gasteiger partial charge is 0.348 e. The number of hydrogen-bond donors (Lipinski definition) is 0. The molecule has 0 fully saturated rings. The molecule has 4 nitrogen and oxygen atoms in total. The van der Waals surface area contributed by atoms with Crippen LogP contribution in [0.5, 0.6) is 0 Å². The average molecular weight is 320 g/mol. The minimum Gasteiger partial charge on any atom is -0.465 e. The molecule has 0 spiro atoms. The third-order valence-corrected chi connectivity index (χ3v) is 3.25. The van der Waals surface area contributed by atoms with Crippen LogP contribution in [0, 0.1) is 35.5 Å². The molecule has 0 aliphatic heterocycles. The number of methoxy groups -OCH3 is 2. The summed E-state index contributed by atoms with van der Waals surface area (Å²) in [6, 6.07) is 0. The van der Waals surface area contributed by atoms with E-state index in [9.17, 15) is 9.59 Å². The van der Waals surface area contributed by atoms with Crippen LogP contribution in [0.3, 0.4) is 0 Å². The van der Waals surface area contributed by atoms with E-state index >= 15 is 0 Å². The molecule has 120 valence electrons. The normalized spacial score (nSPS) is 16.1. The Balaban J connectivity index is 2.45. The summed E-state index contributed by atoms with van der Waals surface area (Å²) in [4.78, 5) is 24.1. The summed E-state index contributed by atoms with van der Waals surface area (Å²) in [7, 11) is 2.45. The second kappa shape index (κ2) is 8.41. The molecule has 4 heteroatoms. The average Bonchev–Trinajstić information content (AvgIpc) is 3.30. The van der Waals surface area contributed by atoms with Crippen LogP contribution in [0.2, 0.25) is 0 Å². The molecule has 0 saturated heterocycles. The summed E-state index contributed by atoms with van der Waals surface area (Å²) >= 11 is 0. The highest BCUT2D eigenvalue weighted by Crippen LogP contribution is 2.12. The number of allylic oxidation sites excluding steroid dienone is 8. The molecule has 0 amide bonds. The van der Waals surface area contributed by atoms with E-state index in [-0.39, 0.29) is 23.0 Å². The summed E-state index contributed by atoms with van der Waals surface area (Å²) < 4.78 is 9.47. The number of carbonyl (C=O) groups excluding carboxylic acids is 2. The first-order chi connectivity index (χ1) is 11.7. The molecule has 2 aliphatic carbocycles. The quantitative estimate of drug-likeness (QED) is 0.444. The molecule has 0 aromatic carbocycles. The van der Waals surface area contributed by atoms with Crippen LogP contribution in [-0.4, -0.2) is 26.2 Å². The van der Waals surface area contributed by atoms with Crippen LogP contribution < -0.4 is 0 Å². The van der Waals surface area contributed by atoms with Crippen molar-refractivity contribution in [2.45, 2.75) is 0 Å². The van der Waals surface area contributed by atoms with Gasteiger partial charge in [-0.05, 0) is 0 Å². The zero-order valence-corrected chi connectivity index (χ0v) is 13.4. The maximum atomic E-state index is 12.1.